The van der Waals surface area contributed by atoms with Crippen molar-refractivity contribution in [3.05, 3.63) is 56.8 Å². The van der Waals surface area contributed by atoms with Gasteiger partial charge in [-0.1, -0.05) is 38.1 Å². The van der Waals surface area contributed by atoms with E-state index in [-0.39, 0.29) is 17.5 Å². The maximum atomic E-state index is 12.7. The van der Waals surface area contributed by atoms with Crippen LogP contribution in [-0.2, 0) is 0 Å². The van der Waals surface area contributed by atoms with Gasteiger partial charge in [-0.3, -0.25) is 14.9 Å². The normalized spacial score (nSPS) is 14.2. The van der Waals surface area contributed by atoms with Gasteiger partial charge in [0.2, 0.25) is 0 Å². The van der Waals surface area contributed by atoms with Crippen LogP contribution in [0.4, 0.5) is 11.4 Å². The van der Waals surface area contributed by atoms with Crippen molar-refractivity contribution in [3.63, 3.8) is 0 Å². The summed E-state index contributed by atoms with van der Waals surface area (Å²) in [5, 5.41) is 14.8. The SMILES string of the molecule is CC(C)CCCOc1nc2ccccc2c(N2CCN(C(=O)c3cccs3)CC2)c1[N+](=O)[O-]. The lowest BCUT2D eigenvalue weighted by molar-refractivity contribution is -0.385. The van der Waals surface area contributed by atoms with E-state index in [1.165, 1.54) is 11.3 Å². The van der Waals surface area contributed by atoms with Crippen molar-refractivity contribution in [3.8, 4) is 5.88 Å². The monoisotopic (exact) mass is 468 g/mol. The molecular weight excluding hydrogens is 440 g/mol. The fourth-order valence-electron chi connectivity index (χ4n) is 4.10. The van der Waals surface area contributed by atoms with Crippen LogP contribution in [0.3, 0.4) is 0 Å². The van der Waals surface area contributed by atoms with Crippen LogP contribution in [0.2, 0.25) is 0 Å². The number of ether oxygens (including phenoxy) is 1. The first-order valence-electron chi connectivity index (χ1n) is 11.2. The van der Waals surface area contributed by atoms with Gasteiger partial charge >= 0.3 is 5.69 Å². The number of amides is 1. The minimum Gasteiger partial charge on any atom is -0.473 e. The molecule has 3 heterocycles. The predicted octanol–water partition coefficient (Wildman–Crippen LogP) is 4.98. The van der Waals surface area contributed by atoms with E-state index >= 15 is 0 Å². The van der Waals surface area contributed by atoms with Gasteiger partial charge in [0, 0.05) is 31.6 Å². The molecule has 0 saturated carbocycles. The zero-order valence-corrected chi connectivity index (χ0v) is 19.7. The van der Waals surface area contributed by atoms with Crippen molar-refractivity contribution in [1.29, 1.82) is 0 Å². The molecule has 0 unspecified atom stereocenters. The Kier molecular flexibility index (Phi) is 7.08. The van der Waals surface area contributed by atoms with Crippen LogP contribution in [-0.4, -0.2) is 53.5 Å². The molecule has 0 spiro atoms. The second-order valence-corrected chi connectivity index (χ2v) is 9.48. The summed E-state index contributed by atoms with van der Waals surface area (Å²) < 4.78 is 5.85. The van der Waals surface area contributed by atoms with Gasteiger partial charge in [0.25, 0.3) is 11.8 Å². The highest BCUT2D eigenvalue weighted by atomic mass is 32.1. The third-order valence-corrected chi connectivity index (χ3v) is 6.63. The highest BCUT2D eigenvalue weighted by molar-refractivity contribution is 7.12. The Hall–Kier alpha value is -3.20. The highest BCUT2D eigenvalue weighted by Crippen LogP contribution is 2.42. The average molecular weight is 469 g/mol. The van der Waals surface area contributed by atoms with Crippen LogP contribution in [0.1, 0.15) is 36.4 Å². The summed E-state index contributed by atoms with van der Waals surface area (Å²) >= 11 is 1.42. The predicted molar refractivity (Wildman–Crippen MR) is 130 cm³/mol. The first-order valence-corrected chi connectivity index (χ1v) is 12.1. The fraction of sp³-hybridized carbons (Fsp3) is 0.417. The molecule has 4 rings (SSSR count). The third-order valence-electron chi connectivity index (χ3n) is 5.77. The zero-order valence-electron chi connectivity index (χ0n) is 18.9. The van der Waals surface area contributed by atoms with Crippen molar-refractivity contribution in [2.45, 2.75) is 26.7 Å². The number of anilines is 1. The topological polar surface area (TPSA) is 88.8 Å². The summed E-state index contributed by atoms with van der Waals surface area (Å²) in [5.41, 5.74) is 1.08. The van der Waals surface area contributed by atoms with Gasteiger partial charge < -0.3 is 14.5 Å². The van der Waals surface area contributed by atoms with Crippen LogP contribution >= 0.6 is 11.3 Å². The Morgan fingerprint density at radius 1 is 1.18 bits per heavy atom. The van der Waals surface area contributed by atoms with E-state index in [1.54, 1.807) is 4.90 Å². The summed E-state index contributed by atoms with van der Waals surface area (Å²) in [5.74, 6) is 0.611. The number of aromatic nitrogens is 1. The molecule has 1 fully saturated rings. The lowest BCUT2D eigenvalue weighted by Crippen LogP contribution is -2.48. The summed E-state index contributed by atoms with van der Waals surface area (Å²) in [6, 6.07) is 11.1. The number of thiophene rings is 1. The van der Waals surface area contributed by atoms with Gasteiger partial charge in [-0.15, -0.1) is 11.3 Å². The van der Waals surface area contributed by atoms with Crippen LogP contribution in [0.25, 0.3) is 10.9 Å². The van der Waals surface area contributed by atoms with Gasteiger partial charge in [0.1, 0.15) is 5.69 Å². The lowest BCUT2D eigenvalue weighted by Gasteiger charge is -2.36. The quantitative estimate of drug-likeness (QED) is 0.263. The molecule has 1 aliphatic heterocycles. The number of rotatable bonds is 8. The number of carbonyl (C=O) groups excluding carboxylic acids is 1. The van der Waals surface area contributed by atoms with E-state index in [0.717, 1.165) is 18.2 Å². The number of fused-ring (bicyclic) bond motifs is 1. The summed E-state index contributed by atoms with van der Waals surface area (Å²) in [6.45, 7) is 6.64. The van der Waals surface area contributed by atoms with Gasteiger partial charge in [0.15, 0.2) is 0 Å². The van der Waals surface area contributed by atoms with Gasteiger partial charge in [0.05, 0.1) is 21.9 Å². The van der Waals surface area contributed by atoms with Crippen LogP contribution in [0.15, 0.2) is 41.8 Å². The first kappa shape index (κ1) is 23.0. The smallest absolute Gasteiger partial charge is 0.354 e. The largest absolute Gasteiger partial charge is 0.473 e. The molecule has 0 aliphatic carbocycles. The van der Waals surface area contributed by atoms with E-state index in [1.807, 2.05) is 46.7 Å². The number of pyridine rings is 1. The molecule has 9 heteroatoms. The summed E-state index contributed by atoms with van der Waals surface area (Å²) in [4.78, 5) is 33.5. The maximum Gasteiger partial charge on any atom is 0.354 e. The Morgan fingerprint density at radius 2 is 1.94 bits per heavy atom. The lowest BCUT2D eigenvalue weighted by atomic mass is 10.1. The number of nitrogens with zero attached hydrogens (tertiary/aromatic N) is 4. The van der Waals surface area contributed by atoms with Crippen LogP contribution < -0.4 is 9.64 Å². The van der Waals surface area contributed by atoms with E-state index in [0.29, 0.717) is 54.8 Å². The molecular formula is C24H28N4O4S. The van der Waals surface area contributed by atoms with Crippen molar-refractivity contribution in [1.82, 2.24) is 9.88 Å². The summed E-state index contributed by atoms with van der Waals surface area (Å²) in [7, 11) is 0. The molecule has 8 nitrogen and oxygen atoms in total. The minimum atomic E-state index is -0.393. The second kappa shape index (κ2) is 10.2. The molecule has 1 aromatic carbocycles. The van der Waals surface area contributed by atoms with Gasteiger partial charge in [-0.05, 0) is 36.3 Å². The Morgan fingerprint density at radius 3 is 2.61 bits per heavy atom. The molecule has 1 amide bonds. The number of hydrogen-bond donors (Lipinski definition) is 0. The number of benzene rings is 1. The van der Waals surface area contributed by atoms with E-state index in [2.05, 4.69) is 18.8 Å². The molecule has 33 heavy (non-hydrogen) atoms. The van der Waals surface area contributed by atoms with E-state index in [9.17, 15) is 14.9 Å². The number of hydrogen-bond acceptors (Lipinski definition) is 7. The molecule has 174 valence electrons. The van der Waals surface area contributed by atoms with E-state index < -0.39 is 4.92 Å². The number of nitro groups is 1. The average Bonchev–Trinajstić information content (AvgIpc) is 3.35. The van der Waals surface area contributed by atoms with Crippen LogP contribution in [0, 0.1) is 16.0 Å². The van der Waals surface area contributed by atoms with Gasteiger partial charge in [-0.2, -0.15) is 0 Å². The van der Waals surface area contributed by atoms with Crippen molar-refractivity contribution in [2.24, 2.45) is 5.92 Å². The molecule has 1 saturated heterocycles. The highest BCUT2D eigenvalue weighted by Gasteiger charge is 2.32. The Bertz CT molecular complexity index is 1120. The summed E-state index contributed by atoms with van der Waals surface area (Å²) in [6.07, 6.45) is 1.79. The first-order chi connectivity index (χ1) is 16.0. The number of piperazine rings is 1. The third kappa shape index (κ3) is 5.08. The van der Waals surface area contributed by atoms with Crippen LogP contribution in [0.5, 0.6) is 5.88 Å². The molecule has 1 aliphatic rings. The second-order valence-electron chi connectivity index (χ2n) is 8.53. The molecule has 0 N–H and O–H groups in total. The molecule has 0 bridgehead atoms. The van der Waals surface area contributed by atoms with E-state index in [4.69, 9.17) is 4.74 Å². The minimum absolute atomic E-state index is 0.00732. The fourth-order valence-corrected chi connectivity index (χ4v) is 4.79. The Labute approximate surface area is 196 Å². The van der Waals surface area contributed by atoms with Crippen molar-refractivity contribution >= 4 is 39.5 Å². The molecule has 2 aromatic heterocycles. The molecule has 0 atom stereocenters. The number of carbonyl (C=O) groups is 1. The maximum absolute atomic E-state index is 12.7. The van der Waals surface area contributed by atoms with Crippen molar-refractivity contribution in [2.75, 3.05) is 37.7 Å². The molecule has 0 radical (unpaired) electrons. The van der Waals surface area contributed by atoms with Gasteiger partial charge in [-0.25, -0.2) is 4.98 Å². The zero-order chi connectivity index (χ0) is 23.4. The van der Waals surface area contributed by atoms with Crippen molar-refractivity contribution < 1.29 is 14.5 Å². The number of para-hydroxylation sites is 1. The standard InChI is InChI=1S/C24H28N4O4S/c1-17(2)7-5-15-32-23-22(28(30)31)21(18-8-3-4-9-19(18)25-23)26-11-13-27(14-12-26)24(29)20-10-6-16-33-20/h3-4,6,8-10,16-17H,5,7,11-15H2,1-2H3. The Balaban J connectivity index is 1.62. The molecule has 3 aromatic rings.